The van der Waals surface area contributed by atoms with Crippen molar-refractivity contribution in [1.29, 1.82) is 0 Å². The van der Waals surface area contributed by atoms with Gasteiger partial charge < -0.3 is 15.5 Å². The van der Waals surface area contributed by atoms with Gasteiger partial charge in [-0.3, -0.25) is 0 Å². The van der Waals surface area contributed by atoms with Crippen LogP contribution in [0.5, 0.6) is 5.75 Å². The molecule has 0 radical (unpaired) electrons. The monoisotopic (exact) mass is 230 g/mol. The lowest BCUT2D eigenvalue weighted by Gasteiger charge is -2.18. The zero-order valence-electron chi connectivity index (χ0n) is 10.1. The fourth-order valence-electron chi connectivity index (χ4n) is 2.68. The van der Waals surface area contributed by atoms with Gasteiger partial charge in [-0.05, 0) is 49.9 Å². The lowest BCUT2D eigenvalue weighted by molar-refractivity contribution is 0.340. The molecule has 0 saturated carbocycles. The number of aromatic nitrogens is 1. The summed E-state index contributed by atoms with van der Waals surface area (Å²) in [5.41, 5.74) is 10.00. The van der Waals surface area contributed by atoms with Gasteiger partial charge >= 0.3 is 0 Å². The molecule has 0 aliphatic heterocycles. The van der Waals surface area contributed by atoms with Crippen molar-refractivity contribution in [2.75, 3.05) is 6.61 Å². The topological polar surface area (TPSA) is 51.0 Å². The highest BCUT2D eigenvalue weighted by Crippen LogP contribution is 2.31. The Morgan fingerprint density at radius 1 is 1.47 bits per heavy atom. The van der Waals surface area contributed by atoms with Gasteiger partial charge in [-0.25, -0.2) is 0 Å². The van der Waals surface area contributed by atoms with Crippen LogP contribution >= 0.6 is 0 Å². The Morgan fingerprint density at radius 3 is 3.18 bits per heavy atom. The molecule has 0 amide bonds. The van der Waals surface area contributed by atoms with Crippen molar-refractivity contribution in [3.8, 4) is 5.75 Å². The summed E-state index contributed by atoms with van der Waals surface area (Å²) in [5.74, 6) is 0.945. The van der Waals surface area contributed by atoms with E-state index in [1.165, 1.54) is 22.2 Å². The molecule has 1 aliphatic rings. The Hall–Kier alpha value is -1.48. The summed E-state index contributed by atoms with van der Waals surface area (Å²) in [5, 5.41) is 1.28. The first kappa shape index (κ1) is 10.7. The Kier molecular flexibility index (Phi) is 2.56. The molecule has 3 rings (SSSR count). The van der Waals surface area contributed by atoms with Crippen LogP contribution in [0.25, 0.3) is 10.9 Å². The number of rotatable bonds is 2. The molecule has 90 valence electrons. The van der Waals surface area contributed by atoms with E-state index >= 15 is 0 Å². The van der Waals surface area contributed by atoms with E-state index in [4.69, 9.17) is 10.5 Å². The molecule has 0 spiro atoms. The van der Waals surface area contributed by atoms with Crippen molar-refractivity contribution >= 4 is 10.9 Å². The van der Waals surface area contributed by atoms with Crippen molar-refractivity contribution in [3.05, 3.63) is 29.5 Å². The molecule has 1 aliphatic carbocycles. The Bertz CT molecular complexity index is 544. The third-order valence-corrected chi connectivity index (χ3v) is 3.51. The minimum Gasteiger partial charge on any atom is -0.494 e. The summed E-state index contributed by atoms with van der Waals surface area (Å²) in [6.07, 6.45) is 3.12. The third-order valence-electron chi connectivity index (χ3n) is 3.51. The van der Waals surface area contributed by atoms with E-state index in [2.05, 4.69) is 17.1 Å². The molecular weight excluding hydrogens is 212 g/mol. The molecule has 17 heavy (non-hydrogen) atoms. The van der Waals surface area contributed by atoms with E-state index in [1.807, 2.05) is 13.0 Å². The first-order valence-electron chi connectivity index (χ1n) is 6.29. The zero-order valence-corrected chi connectivity index (χ0v) is 10.1. The van der Waals surface area contributed by atoms with E-state index in [1.54, 1.807) is 0 Å². The van der Waals surface area contributed by atoms with Crippen LogP contribution in [0.2, 0.25) is 0 Å². The SMILES string of the molecule is CCOc1ccc2[nH]c3c(c2c1)CC(N)CC3. The van der Waals surface area contributed by atoms with E-state index in [0.717, 1.165) is 25.0 Å². The molecule has 3 nitrogen and oxygen atoms in total. The summed E-state index contributed by atoms with van der Waals surface area (Å²) >= 11 is 0. The van der Waals surface area contributed by atoms with Crippen molar-refractivity contribution < 1.29 is 4.74 Å². The van der Waals surface area contributed by atoms with Gasteiger partial charge in [0.05, 0.1) is 6.61 Å². The van der Waals surface area contributed by atoms with Crippen molar-refractivity contribution in [1.82, 2.24) is 4.98 Å². The highest BCUT2D eigenvalue weighted by Gasteiger charge is 2.20. The predicted octanol–water partition coefficient (Wildman–Crippen LogP) is 2.38. The highest BCUT2D eigenvalue weighted by molar-refractivity contribution is 5.86. The minimum absolute atomic E-state index is 0.303. The first-order chi connectivity index (χ1) is 8.28. The van der Waals surface area contributed by atoms with Gasteiger partial charge in [0.1, 0.15) is 5.75 Å². The molecule has 1 atom stereocenters. The van der Waals surface area contributed by atoms with Crippen LogP contribution in [0.3, 0.4) is 0 Å². The predicted molar refractivity (Wildman–Crippen MR) is 69.5 cm³/mol. The number of benzene rings is 1. The number of hydrogen-bond donors (Lipinski definition) is 2. The quantitative estimate of drug-likeness (QED) is 0.832. The van der Waals surface area contributed by atoms with Gasteiger partial charge in [0.25, 0.3) is 0 Å². The van der Waals surface area contributed by atoms with E-state index in [9.17, 15) is 0 Å². The van der Waals surface area contributed by atoms with Gasteiger partial charge in [-0.2, -0.15) is 0 Å². The first-order valence-corrected chi connectivity index (χ1v) is 6.29. The normalized spacial score (nSPS) is 19.3. The van der Waals surface area contributed by atoms with E-state index in [-0.39, 0.29) is 0 Å². The van der Waals surface area contributed by atoms with E-state index < -0.39 is 0 Å². The number of H-pyrrole nitrogens is 1. The summed E-state index contributed by atoms with van der Waals surface area (Å²) in [7, 11) is 0. The van der Waals surface area contributed by atoms with Crippen LogP contribution in [0, 0.1) is 0 Å². The van der Waals surface area contributed by atoms with Gasteiger partial charge in [-0.1, -0.05) is 0 Å². The molecule has 3 N–H and O–H groups in total. The lowest BCUT2D eigenvalue weighted by Crippen LogP contribution is -2.27. The van der Waals surface area contributed by atoms with Crippen LogP contribution in [0.1, 0.15) is 24.6 Å². The Morgan fingerprint density at radius 2 is 2.35 bits per heavy atom. The summed E-state index contributed by atoms with van der Waals surface area (Å²) in [6.45, 7) is 2.71. The zero-order chi connectivity index (χ0) is 11.8. The number of fused-ring (bicyclic) bond motifs is 3. The van der Waals surface area contributed by atoms with Crippen molar-refractivity contribution in [2.45, 2.75) is 32.2 Å². The van der Waals surface area contributed by atoms with Crippen molar-refractivity contribution in [2.24, 2.45) is 5.73 Å². The van der Waals surface area contributed by atoms with Crippen LogP contribution in [0.4, 0.5) is 0 Å². The van der Waals surface area contributed by atoms with Gasteiger partial charge in [-0.15, -0.1) is 0 Å². The van der Waals surface area contributed by atoms with Gasteiger partial charge in [0.2, 0.25) is 0 Å². The molecule has 2 aromatic rings. The average molecular weight is 230 g/mol. The highest BCUT2D eigenvalue weighted by atomic mass is 16.5. The molecule has 0 bridgehead atoms. The van der Waals surface area contributed by atoms with Crippen LogP contribution < -0.4 is 10.5 Å². The molecule has 1 aromatic carbocycles. The second-order valence-corrected chi connectivity index (χ2v) is 4.73. The Labute approximate surface area is 101 Å². The van der Waals surface area contributed by atoms with Crippen LogP contribution in [-0.4, -0.2) is 17.6 Å². The second kappa shape index (κ2) is 4.08. The largest absolute Gasteiger partial charge is 0.494 e. The van der Waals surface area contributed by atoms with Gasteiger partial charge in [0.15, 0.2) is 0 Å². The number of ether oxygens (including phenoxy) is 1. The number of hydrogen-bond acceptors (Lipinski definition) is 2. The standard InChI is InChI=1S/C14H18N2O/c1-2-17-10-4-6-14-12(8-10)11-7-9(15)3-5-13(11)16-14/h4,6,8-9,16H,2-3,5,7,15H2,1H3. The van der Waals surface area contributed by atoms with E-state index in [0.29, 0.717) is 12.6 Å². The number of aryl methyl sites for hydroxylation is 1. The summed E-state index contributed by atoms with van der Waals surface area (Å²) in [4.78, 5) is 3.49. The fraction of sp³-hybridized carbons (Fsp3) is 0.429. The maximum Gasteiger partial charge on any atom is 0.120 e. The van der Waals surface area contributed by atoms with Crippen LogP contribution in [-0.2, 0) is 12.8 Å². The molecule has 1 aromatic heterocycles. The third kappa shape index (κ3) is 1.80. The fourth-order valence-corrected chi connectivity index (χ4v) is 2.68. The number of nitrogens with one attached hydrogen (secondary N) is 1. The maximum atomic E-state index is 6.05. The summed E-state index contributed by atoms with van der Waals surface area (Å²) in [6, 6.07) is 6.56. The molecule has 0 fully saturated rings. The number of nitrogens with two attached hydrogens (primary N) is 1. The number of aromatic amines is 1. The molecule has 1 heterocycles. The second-order valence-electron chi connectivity index (χ2n) is 4.73. The van der Waals surface area contributed by atoms with Gasteiger partial charge in [0, 0.05) is 22.6 Å². The molecule has 1 unspecified atom stereocenters. The van der Waals surface area contributed by atoms with Crippen molar-refractivity contribution in [3.63, 3.8) is 0 Å². The molecular formula is C14H18N2O. The minimum atomic E-state index is 0.303. The van der Waals surface area contributed by atoms with Crippen LogP contribution in [0.15, 0.2) is 18.2 Å². The molecule has 0 saturated heterocycles. The smallest absolute Gasteiger partial charge is 0.120 e. The summed E-state index contributed by atoms with van der Waals surface area (Å²) < 4.78 is 5.56. The molecule has 3 heteroatoms. The average Bonchev–Trinajstić information content (AvgIpc) is 2.67. The Balaban J connectivity index is 2.11. The maximum absolute atomic E-state index is 6.05. The lowest BCUT2D eigenvalue weighted by atomic mass is 9.92.